The summed E-state index contributed by atoms with van der Waals surface area (Å²) in [5.41, 5.74) is 1.98. The number of nitrogens with zero attached hydrogens (tertiary/aromatic N) is 3. The number of hydrogen-bond donors (Lipinski definition) is 0. The van der Waals surface area contributed by atoms with Crippen molar-refractivity contribution in [3.63, 3.8) is 0 Å². The van der Waals surface area contributed by atoms with E-state index in [0.29, 0.717) is 5.15 Å². The van der Waals surface area contributed by atoms with E-state index in [1.54, 1.807) is 7.11 Å². The van der Waals surface area contributed by atoms with Crippen molar-refractivity contribution in [2.45, 2.75) is 12.8 Å². The molecule has 0 N–H and O–H groups in total. The van der Waals surface area contributed by atoms with Crippen LogP contribution in [0, 0.1) is 0 Å². The van der Waals surface area contributed by atoms with Crippen molar-refractivity contribution < 1.29 is 4.74 Å². The van der Waals surface area contributed by atoms with E-state index in [1.807, 2.05) is 24.3 Å². The molecule has 0 bridgehead atoms. The highest BCUT2D eigenvalue weighted by atomic mass is 35.5. The standard InChI is InChI=1S/C14H13Cl2N3O/c1-8-7-19(9-3-5-10(20-2)6-4-9)13-11(8)12(15)17-14(16)18-13/h3-6,8H,7H2,1-2H3/t8-/m1/s1. The highest BCUT2D eigenvalue weighted by molar-refractivity contribution is 6.32. The summed E-state index contributed by atoms with van der Waals surface area (Å²) in [5, 5.41) is 0.602. The molecule has 0 fully saturated rings. The molecule has 0 aliphatic carbocycles. The molecule has 1 atom stereocenters. The van der Waals surface area contributed by atoms with Crippen LogP contribution in [0.15, 0.2) is 24.3 Å². The van der Waals surface area contributed by atoms with Crippen LogP contribution in [0.2, 0.25) is 10.4 Å². The van der Waals surface area contributed by atoms with Crippen molar-refractivity contribution in [3.8, 4) is 5.75 Å². The third-order valence-corrected chi connectivity index (χ3v) is 3.90. The molecule has 104 valence electrons. The molecule has 2 aromatic rings. The number of ether oxygens (including phenoxy) is 1. The smallest absolute Gasteiger partial charge is 0.225 e. The molecule has 3 rings (SSSR count). The molecule has 0 unspecified atom stereocenters. The van der Waals surface area contributed by atoms with Gasteiger partial charge in [0, 0.05) is 23.7 Å². The van der Waals surface area contributed by atoms with Crippen molar-refractivity contribution in [2.75, 3.05) is 18.6 Å². The minimum Gasteiger partial charge on any atom is -0.497 e. The molecule has 4 nitrogen and oxygen atoms in total. The summed E-state index contributed by atoms with van der Waals surface area (Å²) in [6.07, 6.45) is 0. The van der Waals surface area contributed by atoms with E-state index in [-0.39, 0.29) is 11.2 Å². The molecule has 0 radical (unpaired) electrons. The van der Waals surface area contributed by atoms with Gasteiger partial charge in [0.2, 0.25) is 5.28 Å². The molecule has 1 aliphatic rings. The minimum atomic E-state index is 0.168. The fraction of sp³-hybridized carbons (Fsp3) is 0.286. The average Bonchev–Trinajstić information content (AvgIpc) is 2.76. The largest absolute Gasteiger partial charge is 0.497 e. The van der Waals surface area contributed by atoms with Gasteiger partial charge < -0.3 is 9.64 Å². The zero-order valence-corrected chi connectivity index (χ0v) is 12.6. The Bertz CT molecular complexity index is 646. The van der Waals surface area contributed by atoms with Gasteiger partial charge in [-0.15, -0.1) is 0 Å². The molecule has 1 aliphatic heterocycles. The molecule has 0 amide bonds. The minimum absolute atomic E-state index is 0.168. The first-order valence-corrected chi connectivity index (χ1v) is 7.00. The maximum absolute atomic E-state index is 6.19. The second-order valence-electron chi connectivity index (χ2n) is 4.73. The van der Waals surface area contributed by atoms with E-state index in [9.17, 15) is 0 Å². The Kier molecular flexibility index (Phi) is 3.44. The fourth-order valence-corrected chi connectivity index (χ4v) is 3.04. The number of benzene rings is 1. The second-order valence-corrected chi connectivity index (χ2v) is 5.43. The summed E-state index contributed by atoms with van der Waals surface area (Å²) in [7, 11) is 1.65. The highest BCUT2D eigenvalue weighted by Gasteiger charge is 2.31. The monoisotopic (exact) mass is 309 g/mol. The van der Waals surface area contributed by atoms with Gasteiger partial charge in [0.25, 0.3) is 0 Å². The molecule has 6 heteroatoms. The molecule has 1 aromatic carbocycles. The van der Waals surface area contributed by atoms with E-state index < -0.39 is 0 Å². The van der Waals surface area contributed by atoms with Gasteiger partial charge >= 0.3 is 0 Å². The van der Waals surface area contributed by atoms with Crippen LogP contribution in [0.3, 0.4) is 0 Å². The van der Waals surface area contributed by atoms with Crippen LogP contribution in [0.25, 0.3) is 0 Å². The van der Waals surface area contributed by atoms with Crippen molar-refractivity contribution in [2.24, 2.45) is 0 Å². The van der Waals surface area contributed by atoms with E-state index in [2.05, 4.69) is 21.8 Å². The average molecular weight is 310 g/mol. The lowest BCUT2D eigenvalue weighted by molar-refractivity contribution is 0.415. The Balaban J connectivity index is 2.05. The lowest BCUT2D eigenvalue weighted by atomic mass is 10.1. The zero-order chi connectivity index (χ0) is 14.3. The van der Waals surface area contributed by atoms with Gasteiger partial charge in [0.1, 0.15) is 16.7 Å². The summed E-state index contributed by atoms with van der Waals surface area (Å²) in [5.74, 6) is 1.87. The van der Waals surface area contributed by atoms with Crippen LogP contribution < -0.4 is 9.64 Å². The number of rotatable bonds is 2. The number of halogens is 2. The Hall–Kier alpha value is -1.52. The van der Waals surface area contributed by atoms with Crippen LogP contribution in [0.4, 0.5) is 11.5 Å². The number of anilines is 2. The normalized spacial score (nSPS) is 17.2. The Morgan fingerprint density at radius 1 is 1.20 bits per heavy atom. The van der Waals surface area contributed by atoms with Crippen LogP contribution >= 0.6 is 23.2 Å². The quantitative estimate of drug-likeness (QED) is 0.619. The van der Waals surface area contributed by atoms with Gasteiger partial charge in [-0.3, -0.25) is 0 Å². The maximum Gasteiger partial charge on any atom is 0.225 e. The summed E-state index contributed by atoms with van der Waals surface area (Å²) in [4.78, 5) is 10.5. The van der Waals surface area contributed by atoms with E-state index in [0.717, 1.165) is 29.4 Å². The second kappa shape index (κ2) is 5.11. The molecule has 0 saturated heterocycles. The predicted molar refractivity (Wildman–Crippen MR) is 80.5 cm³/mol. The molecule has 1 aromatic heterocycles. The van der Waals surface area contributed by atoms with Crippen LogP contribution in [0.5, 0.6) is 5.75 Å². The van der Waals surface area contributed by atoms with Crippen LogP contribution in [-0.4, -0.2) is 23.6 Å². The van der Waals surface area contributed by atoms with Gasteiger partial charge in [-0.1, -0.05) is 18.5 Å². The van der Waals surface area contributed by atoms with E-state index in [1.165, 1.54) is 0 Å². The third-order valence-electron chi connectivity index (χ3n) is 3.44. The molecule has 20 heavy (non-hydrogen) atoms. The molecular weight excluding hydrogens is 297 g/mol. The Morgan fingerprint density at radius 3 is 2.55 bits per heavy atom. The molecular formula is C14H13Cl2N3O. The fourth-order valence-electron chi connectivity index (χ4n) is 2.48. The summed E-state index contributed by atoms with van der Waals surface area (Å²) in [6.45, 7) is 2.90. The van der Waals surface area contributed by atoms with Gasteiger partial charge in [-0.25, -0.2) is 4.98 Å². The topological polar surface area (TPSA) is 38.2 Å². The van der Waals surface area contributed by atoms with Gasteiger partial charge in [-0.2, -0.15) is 4.98 Å². The summed E-state index contributed by atoms with van der Waals surface area (Å²) >= 11 is 12.1. The van der Waals surface area contributed by atoms with E-state index in [4.69, 9.17) is 27.9 Å². The lowest BCUT2D eigenvalue weighted by Gasteiger charge is -2.19. The SMILES string of the molecule is COc1ccc(N2C[C@@H](C)c3c(Cl)nc(Cl)nc32)cc1. The van der Waals surface area contributed by atoms with Crippen molar-refractivity contribution >= 4 is 34.7 Å². The van der Waals surface area contributed by atoms with Crippen LogP contribution in [0.1, 0.15) is 18.4 Å². The summed E-state index contributed by atoms with van der Waals surface area (Å²) in [6, 6.07) is 7.82. The summed E-state index contributed by atoms with van der Waals surface area (Å²) < 4.78 is 5.17. The number of aromatic nitrogens is 2. The molecule has 0 saturated carbocycles. The van der Waals surface area contributed by atoms with Gasteiger partial charge in [0.15, 0.2) is 0 Å². The van der Waals surface area contributed by atoms with Gasteiger partial charge in [-0.05, 0) is 35.9 Å². The van der Waals surface area contributed by atoms with Crippen molar-refractivity contribution in [1.29, 1.82) is 0 Å². The first kappa shape index (κ1) is 13.5. The molecule has 0 spiro atoms. The zero-order valence-electron chi connectivity index (χ0n) is 11.1. The van der Waals surface area contributed by atoms with Crippen molar-refractivity contribution in [3.05, 3.63) is 40.3 Å². The maximum atomic E-state index is 6.19. The predicted octanol–water partition coefficient (Wildman–Crippen LogP) is 4.05. The number of hydrogen-bond acceptors (Lipinski definition) is 4. The Labute approximate surface area is 127 Å². The number of methoxy groups -OCH3 is 1. The highest BCUT2D eigenvalue weighted by Crippen LogP contribution is 2.42. The lowest BCUT2D eigenvalue weighted by Crippen LogP contribution is -2.15. The van der Waals surface area contributed by atoms with Gasteiger partial charge in [0.05, 0.1) is 7.11 Å². The molecule has 2 heterocycles. The Morgan fingerprint density at radius 2 is 1.90 bits per heavy atom. The first-order valence-electron chi connectivity index (χ1n) is 6.24. The number of fused-ring (bicyclic) bond motifs is 1. The third kappa shape index (κ3) is 2.19. The van der Waals surface area contributed by atoms with Crippen LogP contribution in [-0.2, 0) is 0 Å². The van der Waals surface area contributed by atoms with E-state index >= 15 is 0 Å². The first-order chi connectivity index (χ1) is 9.60. The van der Waals surface area contributed by atoms with Crippen molar-refractivity contribution in [1.82, 2.24) is 9.97 Å².